The lowest BCUT2D eigenvalue weighted by atomic mass is 9.96. The van der Waals surface area contributed by atoms with Crippen molar-refractivity contribution in [3.05, 3.63) is 76.2 Å². The third-order valence-corrected chi connectivity index (χ3v) is 5.19. The predicted octanol–water partition coefficient (Wildman–Crippen LogP) is 6.31. The maximum atomic E-state index is 12.9. The van der Waals surface area contributed by atoms with E-state index in [-0.39, 0.29) is 5.69 Å². The van der Waals surface area contributed by atoms with E-state index >= 15 is 0 Å². The summed E-state index contributed by atoms with van der Waals surface area (Å²) in [6.07, 6.45) is 1.57. The molecule has 0 heterocycles. The fraction of sp³-hybridized carbons (Fsp3) is 0.240. The van der Waals surface area contributed by atoms with E-state index in [0.29, 0.717) is 45.5 Å². The van der Waals surface area contributed by atoms with Crippen LogP contribution in [0, 0.1) is 4.91 Å². The van der Waals surface area contributed by atoms with Crippen molar-refractivity contribution in [3.63, 3.8) is 0 Å². The molecule has 172 valence electrons. The molecule has 0 aliphatic heterocycles. The minimum absolute atomic E-state index is 0.0938. The van der Waals surface area contributed by atoms with E-state index in [1.54, 1.807) is 30.3 Å². The molecule has 0 radical (unpaired) electrons. The maximum absolute atomic E-state index is 12.9. The molecule has 8 nitrogen and oxygen atoms in total. The van der Waals surface area contributed by atoms with Crippen LogP contribution < -0.4 is 15.0 Å². The SMILES string of the molecule is COc1cc(C(CC=C(C)C)OC(=O)c2ccccc2)c(OC)c2c(N=O)ccc(NO)c12. The van der Waals surface area contributed by atoms with Crippen LogP contribution in [-0.2, 0) is 4.74 Å². The van der Waals surface area contributed by atoms with Gasteiger partial charge in [-0.05, 0) is 49.4 Å². The summed E-state index contributed by atoms with van der Waals surface area (Å²) >= 11 is 0. The highest BCUT2D eigenvalue weighted by Gasteiger charge is 2.27. The number of hydrogen-bond donors (Lipinski definition) is 2. The van der Waals surface area contributed by atoms with Crippen molar-refractivity contribution in [2.45, 2.75) is 26.4 Å². The molecular weight excluding hydrogens is 424 g/mol. The number of anilines is 1. The molecule has 3 rings (SSSR count). The van der Waals surface area contributed by atoms with Gasteiger partial charge in [-0.25, -0.2) is 4.79 Å². The second-order valence-corrected chi connectivity index (χ2v) is 7.56. The topological polar surface area (TPSA) is 106 Å². The number of esters is 1. The molecule has 0 bridgehead atoms. The average Bonchev–Trinajstić information content (AvgIpc) is 2.84. The van der Waals surface area contributed by atoms with Crippen molar-refractivity contribution < 1.29 is 24.2 Å². The molecule has 0 aromatic heterocycles. The van der Waals surface area contributed by atoms with Gasteiger partial charge in [0.2, 0.25) is 0 Å². The lowest BCUT2D eigenvalue weighted by Gasteiger charge is -2.23. The molecule has 0 saturated heterocycles. The molecule has 3 aromatic carbocycles. The van der Waals surface area contributed by atoms with Crippen LogP contribution in [0.5, 0.6) is 11.5 Å². The molecule has 1 atom stereocenters. The van der Waals surface area contributed by atoms with Crippen LogP contribution in [0.1, 0.15) is 42.3 Å². The highest BCUT2D eigenvalue weighted by atomic mass is 16.5. The first kappa shape index (κ1) is 23.7. The molecule has 33 heavy (non-hydrogen) atoms. The van der Waals surface area contributed by atoms with Gasteiger partial charge in [0.05, 0.1) is 36.2 Å². The van der Waals surface area contributed by atoms with Crippen LogP contribution in [0.15, 0.2) is 65.4 Å². The van der Waals surface area contributed by atoms with Gasteiger partial charge in [0.25, 0.3) is 0 Å². The number of nitrogens with zero attached hydrogens (tertiary/aromatic N) is 1. The molecule has 0 spiro atoms. The van der Waals surface area contributed by atoms with E-state index < -0.39 is 12.1 Å². The van der Waals surface area contributed by atoms with Gasteiger partial charge in [0.1, 0.15) is 23.3 Å². The van der Waals surface area contributed by atoms with Crippen LogP contribution in [0.2, 0.25) is 0 Å². The van der Waals surface area contributed by atoms with Crippen molar-refractivity contribution in [2.24, 2.45) is 5.18 Å². The van der Waals surface area contributed by atoms with Gasteiger partial charge in [-0.1, -0.05) is 29.8 Å². The van der Waals surface area contributed by atoms with Crippen LogP contribution in [0.3, 0.4) is 0 Å². The van der Waals surface area contributed by atoms with Crippen LogP contribution in [0.25, 0.3) is 10.8 Å². The third-order valence-electron chi connectivity index (χ3n) is 5.19. The predicted molar refractivity (Wildman–Crippen MR) is 127 cm³/mol. The van der Waals surface area contributed by atoms with Crippen LogP contribution >= 0.6 is 0 Å². The fourth-order valence-corrected chi connectivity index (χ4v) is 3.64. The Balaban J connectivity index is 2.26. The van der Waals surface area contributed by atoms with E-state index in [1.165, 1.54) is 26.4 Å². The number of fused-ring (bicyclic) bond motifs is 1. The summed E-state index contributed by atoms with van der Waals surface area (Å²) in [4.78, 5) is 24.5. The minimum Gasteiger partial charge on any atom is -0.496 e. The largest absolute Gasteiger partial charge is 0.496 e. The number of carbonyl (C=O) groups excluding carboxylic acids is 1. The third kappa shape index (κ3) is 4.96. The van der Waals surface area contributed by atoms with Crippen molar-refractivity contribution in [2.75, 3.05) is 19.7 Å². The Morgan fingerprint density at radius 2 is 1.82 bits per heavy atom. The second-order valence-electron chi connectivity index (χ2n) is 7.56. The van der Waals surface area contributed by atoms with Gasteiger partial charge < -0.3 is 14.2 Å². The monoisotopic (exact) mass is 450 g/mol. The summed E-state index contributed by atoms with van der Waals surface area (Å²) in [5, 5.41) is 13.5. The number of nitrogens with one attached hydrogen (secondary N) is 1. The normalized spacial score (nSPS) is 11.4. The zero-order chi connectivity index (χ0) is 24.0. The Labute approximate surface area is 191 Å². The zero-order valence-corrected chi connectivity index (χ0v) is 18.9. The van der Waals surface area contributed by atoms with E-state index in [0.717, 1.165) is 5.57 Å². The van der Waals surface area contributed by atoms with Crippen molar-refractivity contribution in [1.29, 1.82) is 0 Å². The van der Waals surface area contributed by atoms with Gasteiger partial charge in [-0.2, -0.15) is 0 Å². The van der Waals surface area contributed by atoms with Crippen LogP contribution in [-0.4, -0.2) is 25.4 Å². The fourth-order valence-electron chi connectivity index (χ4n) is 3.64. The number of allylic oxidation sites excluding steroid dienone is 1. The Hall–Kier alpha value is -3.91. The summed E-state index contributed by atoms with van der Waals surface area (Å²) < 4.78 is 17.2. The van der Waals surface area contributed by atoms with Gasteiger partial charge in [0, 0.05) is 12.0 Å². The van der Waals surface area contributed by atoms with E-state index in [9.17, 15) is 14.9 Å². The highest BCUT2D eigenvalue weighted by Crippen LogP contribution is 2.48. The number of carbonyl (C=O) groups is 1. The summed E-state index contributed by atoms with van der Waals surface area (Å²) in [5.41, 5.74) is 4.48. The number of methoxy groups -OCH3 is 2. The Morgan fingerprint density at radius 3 is 2.39 bits per heavy atom. The Bertz CT molecular complexity index is 1190. The number of ether oxygens (including phenoxy) is 3. The highest BCUT2D eigenvalue weighted by molar-refractivity contribution is 6.08. The molecule has 1 unspecified atom stereocenters. The average molecular weight is 450 g/mol. The summed E-state index contributed by atoms with van der Waals surface area (Å²) in [5.74, 6) is 0.148. The summed E-state index contributed by atoms with van der Waals surface area (Å²) in [6, 6.07) is 13.3. The molecule has 0 aliphatic rings. The van der Waals surface area contributed by atoms with Crippen molar-refractivity contribution in [3.8, 4) is 11.5 Å². The Morgan fingerprint density at radius 1 is 1.09 bits per heavy atom. The van der Waals surface area contributed by atoms with Gasteiger partial charge in [0.15, 0.2) is 0 Å². The molecule has 0 aliphatic carbocycles. The molecule has 0 amide bonds. The van der Waals surface area contributed by atoms with E-state index in [1.807, 2.05) is 26.0 Å². The molecule has 2 N–H and O–H groups in total. The minimum atomic E-state index is -0.744. The first-order valence-corrected chi connectivity index (χ1v) is 10.3. The van der Waals surface area contributed by atoms with Crippen LogP contribution in [0.4, 0.5) is 11.4 Å². The second kappa shape index (κ2) is 10.6. The first-order chi connectivity index (χ1) is 15.9. The van der Waals surface area contributed by atoms with Crippen molar-refractivity contribution >= 4 is 28.1 Å². The summed E-state index contributed by atoms with van der Waals surface area (Å²) in [7, 11) is 2.92. The first-order valence-electron chi connectivity index (χ1n) is 10.3. The maximum Gasteiger partial charge on any atom is 0.338 e. The molecule has 0 fully saturated rings. The molecule has 8 heteroatoms. The molecule has 0 saturated carbocycles. The number of nitroso groups, excluding NO2 is 1. The van der Waals surface area contributed by atoms with Gasteiger partial charge in [-0.15, -0.1) is 4.91 Å². The van der Waals surface area contributed by atoms with E-state index in [4.69, 9.17) is 14.2 Å². The lowest BCUT2D eigenvalue weighted by molar-refractivity contribution is 0.0298. The number of rotatable bonds is 9. The smallest absolute Gasteiger partial charge is 0.338 e. The Kier molecular flexibility index (Phi) is 7.63. The zero-order valence-electron chi connectivity index (χ0n) is 18.9. The number of hydrogen-bond acceptors (Lipinski definition) is 8. The van der Waals surface area contributed by atoms with Crippen molar-refractivity contribution in [1.82, 2.24) is 0 Å². The van der Waals surface area contributed by atoms with Gasteiger partial charge >= 0.3 is 5.97 Å². The van der Waals surface area contributed by atoms with E-state index in [2.05, 4.69) is 10.7 Å². The quantitative estimate of drug-likeness (QED) is 0.170. The standard InChI is InChI=1S/C25H26N2O6/c1-15(2)10-13-20(33-25(28)16-8-6-5-7-9-16)17-14-21(31-3)22-18(26-29)11-12-19(27-30)23(22)24(17)32-4/h5-12,14,20,26,29H,13H2,1-4H3. The van der Waals surface area contributed by atoms with Gasteiger partial charge in [-0.3, -0.25) is 10.7 Å². The summed E-state index contributed by atoms with van der Waals surface area (Å²) in [6.45, 7) is 3.89. The number of benzene rings is 3. The molecular formula is C25H26N2O6. The molecule has 3 aromatic rings. The lowest BCUT2D eigenvalue weighted by Crippen LogP contribution is -2.13.